The Morgan fingerprint density at radius 3 is 1.36 bits per heavy atom. The summed E-state index contributed by atoms with van der Waals surface area (Å²) < 4.78 is 25.2. The maximum atomic E-state index is 13.5. The van der Waals surface area contributed by atoms with Gasteiger partial charge in [0.2, 0.25) is 0 Å². The van der Waals surface area contributed by atoms with Crippen molar-refractivity contribution in [3.63, 3.8) is 0 Å². The van der Waals surface area contributed by atoms with Crippen molar-refractivity contribution in [1.82, 2.24) is 4.90 Å². The van der Waals surface area contributed by atoms with Crippen LogP contribution in [0.5, 0.6) is 0 Å². The number of methoxy groups -OCH3 is 1. The zero-order valence-corrected chi connectivity index (χ0v) is 41.2. The van der Waals surface area contributed by atoms with Crippen molar-refractivity contribution in [2.45, 2.75) is 189 Å². The van der Waals surface area contributed by atoms with Crippen molar-refractivity contribution in [3.05, 3.63) is 59.7 Å². The Hall–Kier alpha value is -0.573. The van der Waals surface area contributed by atoms with Crippen LogP contribution < -0.4 is 7.16 Å². The number of piperidine rings is 1. The third-order valence-corrected chi connectivity index (χ3v) is 45.0. The average molecular weight is 944 g/mol. The predicted molar refractivity (Wildman–Crippen MR) is 233 cm³/mol. The van der Waals surface area contributed by atoms with Gasteiger partial charge >= 0.3 is 338 Å². The monoisotopic (exact) mass is 945 g/mol. The van der Waals surface area contributed by atoms with Crippen LogP contribution in [0.15, 0.2) is 48.5 Å². The molecule has 6 heteroatoms. The van der Waals surface area contributed by atoms with Gasteiger partial charge in [-0.1, -0.05) is 0 Å². The van der Waals surface area contributed by atoms with E-state index in [0.717, 1.165) is 19.3 Å². The molecule has 2 bridgehead atoms. The number of carbonyl (C=O) groups excluding carboxylic acids is 1. The quantitative estimate of drug-likeness (QED) is 0.0734. The van der Waals surface area contributed by atoms with Gasteiger partial charge in [0, 0.05) is 0 Å². The molecule has 2 aliphatic heterocycles. The summed E-state index contributed by atoms with van der Waals surface area (Å²) in [7, 11) is 3.75. The van der Waals surface area contributed by atoms with Crippen LogP contribution in [0.3, 0.4) is 0 Å². The number of fused-ring (bicyclic) bond motifs is 2. The average Bonchev–Trinajstić information content (AvgIpc) is 3.42. The molecule has 2 aliphatic rings. The molecule has 0 aromatic heterocycles. The first-order valence-electron chi connectivity index (χ1n) is 22.4. The number of hydrogen-bond donors (Lipinski definition) is 0. The fraction of sp³-hybridized carbons (Fsp3) is 0.723. The van der Waals surface area contributed by atoms with Crippen LogP contribution in [0, 0.1) is 5.92 Å². The zero-order chi connectivity index (χ0) is 38.3. The van der Waals surface area contributed by atoms with Gasteiger partial charge < -0.3 is 0 Å². The van der Waals surface area contributed by atoms with Gasteiger partial charge in [-0.05, 0) is 0 Å². The number of rotatable bonds is 25. The van der Waals surface area contributed by atoms with Gasteiger partial charge in [0.25, 0.3) is 0 Å². The molecule has 0 unspecified atom stereocenters. The Balaban J connectivity index is 1.78. The van der Waals surface area contributed by atoms with Gasteiger partial charge in [-0.3, -0.25) is 0 Å². The second-order valence-corrected chi connectivity index (χ2v) is 43.7. The van der Waals surface area contributed by atoms with Crippen molar-refractivity contribution in [3.8, 4) is 0 Å². The van der Waals surface area contributed by atoms with Crippen LogP contribution in [0.1, 0.15) is 155 Å². The van der Waals surface area contributed by atoms with Crippen molar-refractivity contribution in [2.75, 3.05) is 14.2 Å². The second kappa shape index (κ2) is 23.0. The molecule has 0 N–H and O–H groups in total. The number of carbonyl (C=O) groups is 1. The summed E-state index contributed by atoms with van der Waals surface area (Å²) in [6.07, 6.45) is 18.7. The third-order valence-electron chi connectivity index (χ3n) is 13.7. The van der Waals surface area contributed by atoms with Crippen LogP contribution >= 0.6 is 0 Å². The molecule has 0 saturated carbocycles. The Kier molecular flexibility index (Phi) is 19.6. The van der Waals surface area contributed by atoms with Gasteiger partial charge in [0.05, 0.1) is 0 Å². The fourth-order valence-corrected chi connectivity index (χ4v) is 42.1. The van der Waals surface area contributed by atoms with E-state index < -0.39 is 36.8 Å². The molecule has 4 atom stereocenters. The number of ether oxygens (including phenoxy) is 2. The van der Waals surface area contributed by atoms with E-state index in [1.54, 1.807) is 14.3 Å². The molecule has 2 fully saturated rings. The molecule has 4 rings (SSSR count). The molecule has 2 aromatic rings. The van der Waals surface area contributed by atoms with E-state index in [0.29, 0.717) is 6.04 Å². The Labute approximate surface area is 335 Å². The topological polar surface area (TPSA) is 38.8 Å². The van der Waals surface area contributed by atoms with Crippen LogP contribution in [0.4, 0.5) is 0 Å². The maximum absolute atomic E-state index is 13.5. The molecule has 4 nitrogen and oxygen atoms in total. The van der Waals surface area contributed by atoms with E-state index in [1.807, 2.05) is 0 Å². The molecule has 2 aromatic carbocycles. The first kappa shape index (κ1) is 45.1. The third kappa shape index (κ3) is 11.5. The molecule has 2 saturated heterocycles. The van der Waals surface area contributed by atoms with Crippen molar-refractivity contribution >= 4 is 49.9 Å². The van der Waals surface area contributed by atoms with Crippen LogP contribution in [-0.2, 0) is 14.3 Å². The van der Waals surface area contributed by atoms with Gasteiger partial charge in [0.15, 0.2) is 0 Å². The minimum absolute atomic E-state index is 0.111. The first-order valence-corrected chi connectivity index (χ1v) is 37.4. The van der Waals surface area contributed by atoms with Crippen LogP contribution in [0.25, 0.3) is 0 Å². The van der Waals surface area contributed by atoms with E-state index in [9.17, 15) is 4.79 Å². The summed E-state index contributed by atoms with van der Waals surface area (Å²) in [5, 5.41) is 0. The van der Waals surface area contributed by atoms with Crippen molar-refractivity contribution in [1.29, 1.82) is 0 Å². The van der Waals surface area contributed by atoms with Crippen molar-refractivity contribution < 1.29 is 14.3 Å². The molecule has 0 aliphatic carbocycles. The number of esters is 1. The molecule has 53 heavy (non-hydrogen) atoms. The summed E-state index contributed by atoms with van der Waals surface area (Å²) in [6, 6.07) is 20.6. The van der Waals surface area contributed by atoms with Gasteiger partial charge in [-0.25, -0.2) is 0 Å². The minimum atomic E-state index is -2.58. The summed E-state index contributed by atoms with van der Waals surface area (Å²) in [6.45, 7) is 14.2. The van der Waals surface area contributed by atoms with Gasteiger partial charge in [0.1, 0.15) is 0 Å². The van der Waals surface area contributed by atoms with E-state index in [1.165, 1.54) is 115 Å². The van der Waals surface area contributed by atoms with E-state index >= 15 is 0 Å². The standard InChI is InChI=1S/C23H25NO3.6C4H9.2Sn/c1-24-18-13-14-19(24)21(23(25)26-2)20(15-18)27-22(16-9-5-3-6-10-16)17-11-7-4-8-12-17;6*1-3-4-2;;/h5-12,18-22H,13-15H2,1-2H3;6*1,3-4H2,2H3;;/t18-,19+,20+,21+;;;;;;;;/m1......../s1. The zero-order valence-electron chi connectivity index (χ0n) is 35.5. The summed E-state index contributed by atoms with van der Waals surface area (Å²) >= 11 is -5.16. The second-order valence-electron chi connectivity index (χ2n) is 17.2. The number of hydrogen-bond acceptors (Lipinski definition) is 4. The van der Waals surface area contributed by atoms with Gasteiger partial charge in [-0.15, -0.1) is 0 Å². The summed E-state index contributed by atoms with van der Waals surface area (Å²) in [5.41, 5.74) is 2.49. The number of nitrogens with zero attached hydrogens (tertiary/aromatic N) is 1. The Bertz CT molecular complexity index is 1210. The molecule has 0 amide bonds. The SMILES string of the molecule is CCC[CH2][Sn]([CH2]CCC)([CH2]CCC)[c]1ccc(C(O[C@H]2C[C@H]3CC[C@@H]([C@@H]2C(=O)OC)N3C)c2cc[c]([Sn]([CH2]CCC)([CH2]CCC)[CH2]CCC)cc2)cc1. The molecule has 0 spiro atoms. The fourth-order valence-electron chi connectivity index (χ4n) is 10.3. The Morgan fingerprint density at radius 2 is 1.02 bits per heavy atom. The Morgan fingerprint density at radius 1 is 0.642 bits per heavy atom. The predicted octanol–water partition coefficient (Wildman–Crippen LogP) is 11.9. The molecule has 298 valence electrons. The number of unbranched alkanes of at least 4 members (excludes halogenated alkanes) is 6. The summed E-state index contributed by atoms with van der Waals surface area (Å²) in [5.74, 6) is -0.369. The van der Waals surface area contributed by atoms with Crippen LogP contribution in [0.2, 0.25) is 26.6 Å². The van der Waals surface area contributed by atoms with E-state index in [4.69, 9.17) is 9.47 Å². The molecule has 2 heterocycles. The van der Waals surface area contributed by atoms with Crippen molar-refractivity contribution in [2.24, 2.45) is 5.92 Å². The molecular weight excluding hydrogens is 864 g/mol. The number of benzene rings is 2. The molecular formula is C47H79NO3Sn2. The van der Waals surface area contributed by atoms with E-state index in [-0.39, 0.29) is 30.1 Å². The molecule has 0 radical (unpaired) electrons. The van der Waals surface area contributed by atoms with Crippen LogP contribution in [-0.4, -0.2) is 80.0 Å². The van der Waals surface area contributed by atoms with E-state index in [2.05, 4.69) is 102 Å². The van der Waals surface area contributed by atoms with Gasteiger partial charge in [-0.2, -0.15) is 0 Å². The first-order chi connectivity index (χ1) is 25.8. The summed E-state index contributed by atoms with van der Waals surface area (Å²) in [4.78, 5) is 15.9. The normalized spacial score (nSPS) is 20.7.